The van der Waals surface area contributed by atoms with Crippen LogP contribution in [0.15, 0.2) is 60.7 Å². The summed E-state index contributed by atoms with van der Waals surface area (Å²) in [7, 11) is 1.60. The molecule has 4 aromatic rings. The van der Waals surface area contributed by atoms with Crippen LogP contribution in [-0.4, -0.2) is 44.6 Å². The van der Waals surface area contributed by atoms with Gasteiger partial charge in [0.1, 0.15) is 11.4 Å². The third-order valence-electron chi connectivity index (χ3n) is 5.77. The molecule has 1 amide bonds. The fourth-order valence-electron chi connectivity index (χ4n) is 4.08. The van der Waals surface area contributed by atoms with Crippen LogP contribution in [0.5, 0.6) is 17.2 Å². The van der Waals surface area contributed by atoms with Crippen LogP contribution in [-0.2, 0) is 13.0 Å². The molecule has 0 saturated carbocycles. The SMILES string of the molecule is COc1cccc(-c2nc(C(=O)N3CCc4c(ccc(O)c4O)C3)c3ccccc3n2)c1. The van der Waals surface area contributed by atoms with Crippen molar-refractivity contribution in [1.82, 2.24) is 14.9 Å². The molecule has 0 spiro atoms. The first-order valence-electron chi connectivity index (χ1n) is 10.3. The fourth-order valence-corrected chi connectivity index (χ4v) is 4.08. The number of phenols is 2. The van der Waals surface area contributed by atoms with Crippen molar-refractivity contribution >= 4 is 16.8 Å². The van der Waals surface area contributed by atoms with Crippen molar-refractivity contribution < 1.29 is 19.7 Å². The van der Waals surface area contributed by atoms with Gasteiger partial charge in [0.25, 0.3) is 5.91 Å². The van der Waals surface area contributed by atoms with Crippen LogP contribution < -0.4 is 4.74 Å². The molecule has 1 aromatic heterocycles. The number of ether oxygens (including phenoxy) is 1. The van der Waals surface area contributed by atoms with Gasteiger partial charge in [-0.2, -0.15) is 0 Å². The summed E-state index contributed by atoms with van der Waals surface area (Å²) >= 11 is 0. The van der Waals surface area contributed by atoms with Gasteiger partial charge in [0.05, 0.1) is 12.6 Å². The van der Waals surface area contributed by atoms with Gasteiger partial charge in [-0.25, -0.2) is 9.97 Å². The van der Waals surface area contributed by atoms with E-state index in [-0.39, 0.29) is 17.4 Å². The Labute approximate surface area is 184 Å². The van der Waals surface area contributed by atoms with E-state index in [1.165, 1.54) is 6.07 Å². The van der Waals surface area contributed by atoms with E-state index in [0.29, 0.717) is 53.2 Å². The van der Waals surface area contributed by atoms with Crippen LogP contribution in [0.3, 0.4) is 0 Å². The highest BCUT2D eigenvalue weighted by molar-refractivity contribution is 6.05. The highest BCUT2D eigenvalue weighted by Gasteiger charge is 2.27. The third-order valence-corrected chi connectivity index (χ3v) is 5.77. The van der Waals surface area contributed by atoms with E-state index in [4.69, 9.17) is 4.74 Å². The second-order valence-corrected chi connectivity index (χ2v) is 7.69. The van der Waals surface area contributed by atoms with Gasteiger partial charge < -0.3 is 19.8 Å². The molecule has 7 nitrogen and oxygen atoms in total. The zero-order valence-electron chi connectivity index (χ0n) is 17.4. The summed E-state index contributed by atoms with van der Waals surface area (Å²) < 4.78 is 5.32. The van der Waals surface area contributed by atoms with Crippen molar-refractivity contribution in [3.63, 3.8) is 0 Å². The fraction of sp³-hybridized carbons (Fsp3) is 0.160. The van der Waals surface area contributed by atoms with Crippen molar-refractivity contribution in [3.05, 3.63) is 77.5 Å². The molecule has 5 rings (SSSR count). The number of carbonyl (C=O) groups excluding carboxylic acids is 1. The first kappa shape index (κ1) is 19.8. The van der Waals surface area contributed by atoms with Crippen molar-refractivity contribution in [2.24, 2.45) is 0 Å². The van der Waals surface area contributed by atoms with E-state index in [0.717, 1.165) is 11.1 Å². The zero-order chi connectivity index (χ0) is 22.2. The Balaban J connectivity index is 1.57. The molecule has 2 heterocycles. The normalized spacial score (nSPS) is 13.1. The van der Waals surface area contributed by atoms with Gasteiger partial charge in [0, 0.05) is 29.6 Å². The summed E-state index contributed by atoms with van der Waals surface area (Å²) in [6.07, 6.45) is 0.451. The molecule has 1 aliphatic heterocycles. The highest BCUT2D eigenvalue weighted by atomic mass is 16.5. The predicted molar refractivity (Wildman–Crippen MR) is 120 cm³/mol. The molecule has 2 N–H and O–H groups in total. The average molecular weight is 427 g/mol. The summed E-state index contributed by atoms with van der Waals surface area (Å²) in [6, 6.07) is 18.1. The lowest BCUT2D eigenvalue weighted by molar-refractivity contribution is 0.0730. The Morgan fingerprint density at radius 2 is 1.88 bits per heavy atom. The van der Waals surface area contributed by atoms with Gasteiger partial charge in [-0.3, -0.25) is 4.79 Å². The Morgan fingerprint density at radius 3 is 2.72 bits per heavy atom. The second-order valence-electron chi connectivity index (χ2n) is 7.69. The number of carbonyl (C=O) groups is 1. The molecular formula is C25H21N3O4. The van der Waals surface area contributed by atoms with Crippen molar-refractivity contribution in [1.29, 1.82) is 0 Å². The molecule has 1 aliphatic rings. The van der Waals surface area contributed by atoms with E-state index >= 15 is 0 Å². The summed E-state index contributed by atoms with van der Waals surface area (Å²) in [5, 5.41) is 20.6. The van der Waals surface area contributed by atoms with Crippen LogP contribution in [0.2, 0.25) is 0 Å². The van der Waals surface area contributed by atoms with E-state index < -0.39 is 0 Å². The minimum absolute atomic E-state index is 0.109. The highest BCUT2D eigenvalue weighted by Crippen LogP contribution is 2.35. The third kappa shape index (κ3) is 3.37. The van der Waals surface area contributed by atoms with Crippen LogP contribution in [0.1, 0.15) is 21.6 Å². The molecule has 0 saturated heterocycles. The summed E-state index contributed by atoms with van der Waals surface area (Å²) in [5.74, 6) is 0.676. The Hall–Kier alpha value is -4.13. The molecule has 7 heteroatoms. The lowest BCUT2D eigenvalue weighted by atomic mass is 9.97. The number of nitrogens with zero attached hydrogens (tertiary/aromatic N) is 3. The first-order chi connectivity index (χ1) is 15.5. The predicted octanol–water partition coefficient (Wildman–Crippen LogP) is 3.92. The maximum absolute atomic E-state index is 13.6. The molecule has 3 aromatic carbocycles. The number of hydrogen-bond acceptors (Lipinski definition) is 6. The van der Waals surface area contributed by atoms with Crippen molar-refractivity contribution in [2.75, 3.05) is 13.7 Å². The van der Waals surface area contributed by atoms with Gasteiger partial charge in [0.15, 0.2) is 17.3 Å². The minimum atomic E-state index is -0.203. The van der Waals surface area contributed by atoms with Gasteiger partial charge in [0.2, 0.25) is 0 Å². The van der Waals surface area contributed by atoms with Crippen LogP contribution in [0.25, 0.3) is 22.3 Å². The first-order valence-corrected chi connectivity index (χ1v) is 10.3. The van der Waals surface area contributed by atoms with Gasteiger partial charge in [-0.1, -0.05) is 36.4 Å². The van der Waals surface area contributed by atoms with E-state index in [2.05, 4.69) is 9.97 Å². The molecule has 0 bridgehead atoms. The van der Waals surface area contributed by atoms with E-state index in [1.54, 1.807) is 18.1 Å². The van der Waals surface area contributed by atoms with Gasteiger partial charge in [-0.15, -0.1) is 0 Å². The minimum Gasteiger partial charge on any atom is -0.504 e. The molecule has 0 aliphatic carbocycles. The van der Waals surface area contributed by atoms with Crippen molar-refractivity contribution in [2.45, 2.75) is 13.0 Å². The quantitative estimate of drug-likeness (QED) is 0.481. The molecule has 32 heavy (non-hydrogen) atoms. The number of aromatic nitrogens is 2. The van der Waals surface area contributed by atoms with Crippen LogP contribution in [0, 0.1) is 0 Å². The van der Waals surface area contributed by atoms with Crippen molar-refractivity contribution in [3.8, 4) is 28.6 Å². The molecule has 0 atom stereocenters. The number of amides is 1. The Kier molecular flexibility index (Phi) is 4.86. The number of fused-ring (bicyclic) bond motifs is 2. The Morgan fingerprint density at radius 1 is 1.03 bits per heavy atom. The summed E-state index contributed by atoms with van der Waals surface area (Å²) in [4.78, 5) is 24.6. The zero-order valence-corrected chi connectivity index (χ0v) is 17.4. The molecular weight excluding hydrogens is 406 g/mol. The van der Waals surface area contributed by atoms with Gasteiger partial charge in [-0.05, 0) is 36.2 Å². The smallest absolute Gasteiger partial charge is 0.273 e. The number of rotatable bonds is 3. The number of aromatic hydroxyl groups is 2. The number of phenolic OH excluding ortho intramolecular Hbond substituents is 2. The maximum atomic E-state index is 13.6. The topological polar surface area (TPSA) is 95.8 Å². The van der Waals surface area contributed by atoms with Gasteiger partial charge >= 0.3 is 0 Å². The lowest BCUT2D eigenvalue weighted by Crippen LogP contribution is -2.36. The molecule has 0 radical (unpaired) electrons. The average Bonchev–Trinajstić information content (AvgIpc) is 2.85. The molecule has 160 valence electrons. The van der Waals surface area contributed by atoms with E-state index in [9.17, 15) is 15.0 Å². The standard InChI is InChI=1S/C25H21N3O4/c1-32-17-6-4-5-15(13-17)24-26-20-8-3-2-7-19(20)22(27-24)25(31)28-12-11-18-16(14-28)9-10-21(29)23(18)30/h2-10,13,29-30H,11-12,14H2,1H3. The Bertz CT molecular complexity index is 1350. The number of hydrogen-bond donors (Lipinski definition) is 2. The number of benzene rings is 3. The monoisotopic (exact) mass is 427 g/mol. The van der Waals surface area contributed by atoms with Crippen LogP contribution in [0.4, 0.5) is 0 Å². The largest absolute Gasteiger partial charge is 0.504 e. The summed E-state index contributed by atoms with van der Waals surface area (Å²) in [5.41, 5.74) is 3.27. The van der Waals surface area contributed by atoms with Crippen LogP contribution >= 0.6 is 0 Å². The second kappa shape index (κ2) is 7.85. The number of methoxy groups -OCH3 is 1. The lowest BCUT2D eigenvalue weighted by Gasteiger charge is -2.29. The summed E-state index contributed by atoms with van der Waals surface area (Å²) in [6.45, 7) is 0.741. The number of para-hydroxylation sites is 1. The molecule has 0 fully saturated rings. The van der Waals surface area contributed by atoms with E-state index in [1.807, 2.05) is 48.5 Å². The molecule has 0 unspecified atom stereocenters. The maximum Gasteiger partial charge on any atom is 0.273 e.